The highest BCUT2D eigenvalue weighted by Crippen LogP contribution is 2.33. The van der Waals surface area contributed by atoms with Crippen LogP contribution in [0.25, 0.3) is 0 Å². The summed E-state index contributed by atoms with van der Waals surface area (Å²) in [6.07, 6.45) is 0.529. The van der Waals surface area contributed by atoms with Gasteiger partial charge in [-0.05, 0) is 24.1 Å². The number of imidazole rings is 1. The molecule has 0 unspecified atom stereocenters. The topological polar surface area (TPSA) is 43.8 Å². The Hall–Kier alpha value is -1.98. The molecule has 3 nitrogen and oxygen atoms in total. The SMILES string of the molecule is CCCc1nccn1Cc1ccc(N)cc1C(F)(F)F. The largest absolute Gasteiger partial charge is 0.416 e. The monoisotopic (exact) mass is 283 g/mol. The standard InChI is InChI=1S/C14H16F3N3/c1-2-3-13-19-6-7-20(13)9-10-4-5-11(18)8-12(10)14(15,16)17/h4-8H,2-3,9,18H2,1H3. The van der Waals surface area contributed by atoms with Gasteiger partial charge in [-0.15, -0.1) is 0 Å². The van der Waals surface area contributed by atoms with Crippen LogP contribution >= 0.6 is 0 Å². The summed E-state index contributed by atoms with van der Waals surface area (Å²) in [5.41, 5.74) is 5.08. The molecule has 0 amide bonds. The van der Waals surface area contributed by atoms with Gasteiger partial charge in [-0.3, -0.25) is 0 Å². The summed E-state index contributed by atoms with van der Waals surface area (Å²) in [4.78, 5) is 4.17. The first-order valence-electron chi connectivity index (χ1n) is 6.37. The van der Waals surface area contributed by atoms with E-state index in [2.05, 4.69) is 4.98 Å². The lowest BCUT2D eigenvalue weighted by Gasteiger charge is -2.15. The van der Waals surface area contributed by atoms with Crippen molar-refractivity contribution in [1.82, 2.24) is 9.55 Å². The van der Waals surface area contributed by atoms with Crippen molar-refractivity contribution in [3.05, 3.63) is 47.5 Å². The fourth-order valence-electron chi connectivity index (χ4n) is 2.12. The van der Waals surface area contributed by atoms with Gasteiger partial charge in [0, 0.05) is 31.0 Å². The van der Waals surface area contributed by atoms with Gasteiger partial charge < -0.3 is 10.3 Å². The highest BCUT2D eigenvalue weighted by atomic mass is 19.4. The van der Waals surface area contributed by atoms with Crippen molar-refractivity contribution < 1.29 is 13.2 Å². The van der Waals surface area contributed by atoms with Crippen molar-refractivity contribution in [2.45, 2.75) is 32.5 Å². The number of aryl methyl sites for hydroxylation is 1. The zero-order valence-electron chi connectivity index (χ0n) is 11.1. The molecule has 0 spiro atoms. The maximum Gasteiger partial charge on any atom is 0.416 e. The summed E-state index contributed by atoms with van der Waals surface area (Å²) in [6.45, 7) is 2.15. The minimum atomic E-state index is -4.41. The van der Waals surface area contributed by atoms with Crippen LogP contribution < -0.4 is 5.73 Å². The Balaban J connectivity index is 2.36. The highest BCUT2D eigenvalue weighted by molar-refractivity contribution is 5.46. The number of rotatable bonds is 4. The molecule has 0 aliphatic heterocycles. The van der Waals surface area contributed by atoms with Crippen LogP contribution in [0.1, 0.15) is 30.3 Å². The van der Waals surface area contributed by atoms with Gasteiger partial charge >= 0.3 is 6.18 Å². The van der Waals surface area contributed by atoms with Crippen molar-refractivity contribution in [3.63, 3.8) is 0 Å². The molecule has 0 radical (unpaired) electrons. The molecule has 108 valence electrons. The normalized spacial score (nSPS) is 11.8. The zero-order valence-corrected chi connectivity index (χ0v) is 11.1. The van der Waals surface area contributed by atoms with Crippen LogP contribution in [-0.2, 0) is 19.1 Å². The minimum absolute atomic E-state index is 0.112. The first-order valence-corrected chi connectivity index (χ1v) is 6.37. The van der Waals surface area contributed by atoms with E-state index in [1.165, 1.54) is 12.1 Å². The molecule has 0 aliphatic carbocycles. The van der Waals surface area contributed by atoms with Crippen molar-refractivity contribution in [3.8, 4) is 0 Å². The number of nitrogen functional groups attached to an aromatic ring is 1. The lowest BCUT2D eigenvalue weighted by Crippen LogP contribution is -2.13. The van der Waals surface area contributed by atoms with Crippen LogP contribution in [0.4, 0.5) is 18.9 Å². The van der Waals surface area contributed by atoms with Crippen molar-refractivity contribution >= 4 is 5.69 Å². The highest BCUT2D eigenvalue weighted by Gasteiger charge is 2.33. The number of benzene rings is 1. The van der Waals surface area contributed by atoms with Crippen LogP contribution in [0.15, 0.2) is 30.6 Å². The number of hydrogen-bond acceptors (Lipinski definition) is 2. The second-order valence-corrected chi connectivity index (χ2v) is 4.64. The number of halogens is 3. The van der Waals surface area contributed by atoms with Gasteiger partial charge in [-0.25, -0.2) is 4.98 Å². The van der Waals surface area contributed by atoms with Crippen LogP contribution in [0, 0.1) is 0 Å². The molecule has 0 aliphatic rings. The van der Waals surface area contributed by atoms with Crippen LogP contribution in [-0.4, -0.2) is 9.55 Å². The Morgan fingerprint density at radius 3 is 2.70 bits per heavy atom. The number of alkyl halides is 3. The molecule has 0 atom stereocenters. The lowest BCUT2D eigenvalue weighted by molar-refractivity contribution is -0.138. The second kappa shape index (κ2) is 5.56. The zero-order chi connectivity index (χ0) is 14.8. The van der Waals surface area contributed by atoms with Crippen LogP contribution in [0.2, 0.25) is 0 Å². The predicted molar refractivity (Wildman–Crippen MR) is 71.2 cm³/mol. The van der Waals surface area contributed by atoms with Gasteiger partial charge in [0.25, 0.3) is 0 Å². The minimum Gasteiger partial charge on any atom is -0.399 e. The molecule has 20 heavy (non-hydrogen) atoms. The summed E-state index contributed by atoms with van der Waals surface area (Å²) < 4.78 is 40.8. The summed E-state index contributed by atoms with van der Waals surface area (Å²) in [5, 5.41) is 0. The molecule has 0 saturated heterocycles. The van der Waals surface area contributed by atoms with Crippen molar-refractivity contribution in [2.24, 2.45) is 0 Å². The molecular formula is C14H16F3N3. The van der Waals surface area contributed by atoms with E-state index in [0.717, 1.165) is 24.7 Å². The van der Waals surface area contributed by atoms with E-state index in [1.54, 1.807) is 17.0 Å². The molecule has 2 aromatic rings. The molecule has 2 N–H and O–H groups in total. The molecular weight excluding hydrogens is 267 g/mol. The van der Waals surface area contributed by atoms with Crippen molar-refractivity contribution in [2.75, 3.05) is 5.73 Å². The van der Waals surface area contributed by atoms with Gasteiger partial charge in [-0.1, -0.05) is 13.0 Å². The lowest BCUT2D eigenvalue weighted by atomic mass is 10.1. The van der Waals surface area contributed by atoms with Gasteiger partial charge in [0.1, 0.15) is 5.82 Å². The van der Waals surface area contributed by atoms with Crippen LogP contribution in [0.5, 0.6) is 0 Å². The van der Waals surface area contributed by atoms with Gasteiger partial charge in [0.15, 0.2) is 0 Å². The van der Waals surface area contributed by atoms with Gasteiger partial charge in [-0.2, -0.15) is 13.2 Å². The fourth-order valence-corrected chi connectivity index (χ4v) is 2.12. The maximum absolute atomic E-state index is 13.0. The van der Waals surface area contributed by atoms with E-state index in [-0.39, 0.29) is 17.8 Å². The quantitative estimate of drug-likeness (QED) is 0.873. The molecule has 1 aromatic carbocycles. The number of anilines is 1. The van der Waals surface area contributed by atoms with Gasteiger partial charge in [0.05, 0.1) is 5.56 Å². The van der Waals surface area contributed by atoms with Crippen molar-refractivity contribution in [1.29, 1.82) is 0 Å². The van der Waals surface area contributed by atoms with E-state index in [9.17, 15) is 13.2 Å². The number of nitrogens with zero attached hydrogens (tertiary/aromatic N) is 2. The molecule has 0 saturated carbocycles. The molecule has 0 fully saturated rings. The number of nitrogens with two attached hydrogens (primary N) is 1. The van der Waals surface area contributed by atoms with E-state index >= 15 is 0 Å². The first kappa shape index (κ1) is 14.4. The average Bonchev–Trinajstić information content (AvgIpc) is 2.78. The predicted octanol–water partition coefficient (Wildman–Crippen LogP) is 3.48. The van der Waals surface area contributed by atoms with Crippen LogP contribution in [0.3, 0.4) is 0 Å². The van der Waals surface area contributed by atoms with Gasteiger partial charge in [0.2, 0.25) is 0 Å². The third kappa shape index (κ3) is 3.12. The molecule has 2 rings (SSSR count). The second-order valence-electron chi connectivity index (χ2n) is 4.64. The smallest absolute Gasteiger partial charge is 0.399 e. The summed E-state index contributed by atoms with van der Waals surface area (Å²) in [6, 6.07) is 3.89. The molecule has 0 bridgehead atoms. The van der Waals surface area contributed by atoms with E-state index in [0.29, 0.717) is 0 Å². The Kier molecular flexibility index (Phi) is 4.01. The first-order chi connectivity index (χ1) is 9.41. The summed E-state index contributed by atoms with van der Waals surface area (Å²) in [5.74, 6) is 0.789. The Morgan fingerprint density at radius 1 is 1.30 bits per heavy atom. The molecule has 1 aromatic heterocycles. The molecule has 1 heterocycles. The third-order valence-corrected chi connectivity index (χ3v) is 3.06. The number of aromatic nitrogens is 2. The van der Waals surface area contributed by atoms with E-state index in [1.807, 2.05) is 6.92 Å². The van der Waals surface area contributed by atoms with E-state index in [4.69, 9.17) is 5.73 Å². The fraction of sp³-hybridized carbons (Fsp3) is 0.357. The number of hydrogen-bond donors (Lipinski definition) is 1. The summed E-state index contributed by atoms with van der Waals surface area (Å²) in [7, 11) is 0. The molecule has 6 heteroatoms. The Morgan fingerprint density at radius 2 is 2.05 bits per heavy atom. The third-order valence-electron chi connectivity index (χ3n) is 3.06. The Labute approximate surface area is 115 Å². The Bertz CT molecular complexity index is 588. The van der Waals surface area contributed by atoms with E-state index < -0.39 is 11.7 Å². The average molecular weight is 283 g/mol. The maximum atomic E-state index is 13.0. The summed E-state index contributed by atoms with van der Waals surface area (Å²) >= 11 is 0.